The Morgan fingerprint density at radius 1 is 1.44 bits per heavy atom. The Labute approximate surface area is 108 Å². The summed E-state index contributed by atoms with van der Waals surface area (Å²) in [4.78, 5) is 14.1. The molecule has 4 nitrogen and oxygen atoms in total. The number of nitrogens with zero attached hydrogens (tertiary/aromatic N) is 1. The van der Waals surface area contributed by atoms with Crippen molar-refractivity contribution in [3.05, 3.63) is 23.8 Å². The van der Waals surface area contributed by atoms with E-state index in [0.29, 0.717) is 0 Å². The maximum absolute atomic E-state index is 11.9. The van der Waals surface area contributed by atoms with Gasteiger partial charge < -0.3 is 16.0 Å². The number of aryl methyl sites for hydroxylation is 1. The Bertz CT molecular complexity index is 445. The van der Waals surface area contributed by atoms with Crippen molar-refractivity contribution < 1.29 is 4.79 Å². The van der Waals surface area contributed by atoms with Gasteiger partial charge in [-0.05, 0) is 43.9 Å². The number of hydrogen-bond donors (Lipinski definition) is 2. The van der Waals surface area contributed by atoms with E-state index in [-0.39, 0.29) is 11.9 Å². The van der Waals surface area contributed by atoms with Crippen LogP contribution in [0.25, 0.3) is 0 Å². The zero-order chi connectivity index (χ0) is 13.1. The summed E-state index contributed by atoms with van der Waals surface area (Å²) in [6.07, 6.45) is 3.11. The van der Waals surface area contributed by atoms with E-state index in [0.717, 1.165) is 42.7 Å². The second-order valence-corrected chi connectivity index (χ2v) is 4.88. The molecule has 1 atom stereocenters. The summed E-state index contributed by atoms with van der Waals surface area (Å²) in [7, 11) is 1.69. The number of benzene rings is 1. The zero-order valence-corrected chi connectivity index (χ0v) is 11.1. The van der Waals surface area contributed by atoms with Crippen LogP contribution in [0, 0.1) is 6.92 Å². The molecule has 0 aliphatic carbocycles. The van der Waals surface area contributed by atoms with Crippen LogP contribution in [-0.2, 0) is 4.79 Å². The van der Waals surface area contributed by atoms with E-state index in [2.05, 4.69) is 10.2 Å². The molecule has 2 rings (SSSR count). The van der Waals surface area contributed by atoms with Crippen LogP contribution in [0.3, 0.4) is 0 Å². The number of rotatable bonds is 2. The molecule has 1 unspecified atom stereocenters. The molecule has 1 fully saturated rings. The Kier molecular flexibility index (Phi) is 3.75. The zero-order valence-electron chi connectivity index (χ0n) is 11.1. The van der Waals surface area contributed by atoms with Crippen molar-refractivity contribution >= 4 is 17.3 Å². The van der Waals surface area contributed by atoms with E-state index in [1.807, 2.05) is 25.1 Å². The van der Waals surface area contributed by atoms with Crippen LogP contribution in [0.1, 0.15) is 24.8 Å². The molecular formula is C14H21N3O. The third-order valence-electron chi connectivity index (χ3n) is 3.54. The summed E-state index contributed by atoms with van der Waals surface area (Å²) in [6.45, 7) is 2.91. The first-order chi connectivity index (χ1) is 8.63. The highest BCUT2D eigenvalue weighted by Gasteiger charge is 2.29. The van der Waals surface area contributed by atoms with Crippen LogP contribution in [0.5, 0.6) is 0 Å². The molecule has 1 amide bonds. The van der Waals surface area contributed by atoms with E-state index in [1.165, 1.54) is 0 Å². The van der Waals surface area contributed by atoms with E-state index in [9.17, 15) is 4.79 Å². The minimum atomic E-state index is -0.0891. The maximum Gasteiger partial charge on any atom is 0.242 e. The number of nitrogens with one attached hydrogen (secondary N) is 1. The lowest BCUT2D eigenvalue weighted by Gasteiger charge is -2.37. The Balaban J connectivity index is 2.30. The van der Waals surface area contributed by atoms with Crippen LogP contribution < -0.4 is 16.0 Å². The van der Waals surface area contributed by atoms with Crippen molar-refractivity contribution in [3.8, 4) is 0 Å². The van der Waals surface area contributed by atoms with Crippen LogP contribution in [0.15, 0.2) is 18.2 Å². The summed E-state index contributed by atoms with van der Waals surface area (Å²) >= 11 is 0. The van der Waals surface area contributed by atoms with Gasteiger partial charge in [-0.2, -0.15) is 0 Å². The standard InChI is InChI=1S/C14H21N3O/c1-10-6-7-12(11(15)9-10)17-8-4-3-5-13(17)14(18)16-2/h6-7,9,13H,3-5,8,15H2,1-2H3,(H,16,18). The molecule has 1 aliphatic rings. The van der Waals surface area contributed by atoms with Crippen LogP contribution in [-0.4, -0.2) is 25.5 Å². The quantitative estimate of drug-likeness (QED) is 0.782. The number of amides is 1. The number of nitrogens with two attached hydrogens (primary N) is 1. The number of carbonyl (C=O) groups excluding carboxylic acids is 1. The summed E-state index contributed by atoms with van der Waals surface area (Å²) < 4.78 is 0. The highest BCUT2D eigenvalue weighted by Crippen LogP contribution is 2.30. The molecule has 1 aromatic rings. The van der Waals surface area contributed by atoms with Gasteiger partial charge in [-0.25, -0.2) is 0 Å². The Hall–Kier alpha value is -1.71. The second-order valence-electron chi connectivity index (χ2n) is 4.88. The van der Waals surface area contributed by atoms with Gasteiger partial charge in [-0.15, -0.1) is 0 Å². The summed E-state index contributed by atoms with van der Waals surface area (Å²) in [5.41, 5.74) is 8.96. The lowest BCUT2D eigenvalue weighted by atomic mass is 9.99. The molecule has 0 radical (unpaired) electrons. The number of anilines is 2. The lowest BCUT2D eigenvalue weighted by molar-refractivity contribution is -0.122. The molecule has 4 heteroatoms. The molecule has 0 bridgehead atoms. The van der Waals surface area contributed by atoms with Gasteiger partial charge >= 0.3 is 0 Å². The van der Waals surface area contributed by atoms with Crippen molar-refractivity contribution in [1.82, 2.24) is 5.32 Å². The minimum Gasteiger partial charge on any atom is -0.397 e. The van der Waals surface area contributed by atoms with E-state index in [1.54, 1.807) is 7.05 Å². The molecule has 1 saturated heterocycles. The van der Waals surface area contributed by atoms with Crippen LogP contribution in [0.2, 0.25) is 0 Å². The number of carbonyl (C=O) groups is 1. The molecular weight excluding hydrogens is 226 g/mol. The van der Waals surface area contributed by atoms with Gasteiger partial charge in [-0.3, -0.25) is 4.79 Å². The van der Waals surface area contributed by atoms with Crippen molar-refractivity contribution in [2.24, 2.45) is 0 Å². The monoisotopic (exact) mass is 247 g/mol. The third-order valence-corrected chi connectivity index (χ3v) is 3.54. The van der Waals surface area contributed by atoms with Gasteiger partial charge in [0.05, 0.1) is 11.4 Å². The lowest BCUT2D eigenvalue weighted by Crippen LogP contribution is -2.49. The van der Waals surface area contributed by atoms with Gasteiger partial charge in [-0.1, -0.05) is 6.07 Å². The van der Waals surface area contributed by atoms with E-state index < -0.39 is 0 Å². The smallest absolute Gasteiger partial charge is 0.242 e. The number of piperidine rings is 1. The fraction of sp³-hybridized carbons (Fsp3) is 0.500. The number of likely N-dealkylation sites (N-methyl/N-ethyl adjacent to an activating group) is 1. The third kappa shape index (κ3) is 2.42. The fourth-order valence-electron chi connectivity index (χ4n) is 2.59. The largest absolute Gasteiger partial charge is 0.397 e. The van der Waals surface area contributed by atoms with Crippen LogP contribution >= 0.6 is 0 Å². The molecule has 0 spiro atoms. The predicted molar refractivity (Wildman–Crippen MR) is 74.6 cm³/mol. The van der Waals surface area contributed by atoms with E-state index in [4.69, 9.17) is 5.73 Å². The molecule has 3 N–H and O–H groups in total. The number of nitrogen functional groups attached to an aromatic ring is 1. The van der Waals surface area contributed by atoms with E-state index >= 15 is 0 Å². The van der Waals surface area contributed by atoms with Crippen molar-refractivity contribution in [1.29, 1.82) is 0 Å². The summed E-state index contributed by atoms with van der Waals surface area (Å²) in [6, 6.07) is 5.94. The minimum absolute atomic E-state index is 0.0784. The molecule has 18 heavy (non-hydrogen) atoms. The predicted octanol–water partition coefficient (Wildman–Crippen LogP) is 1.68. The van der Waals surface area contributed by atoms with Gasteiger partial charge in [0.15, 0.2) is 0 Å². The molecule has 0 saturated carbocycles. The Morgan fingerprint density at radius 2 is 2.22 bits per heavy atom. The highest BCUT2D eigenvalue weighted by molar-refractivity contribution is 5.86. The molecule has 1 heterocycles. The molecule has 98 valence electrons. The molecule has 1 aliphatic heterocycles. The van der Waals surface area contributed by atoms with Gasteiger partial charge in [0.1, 0.15) is 6.04 Å². The van der Waals surface area contributed by atoms with Crippen molar-refractivity contribution in [2.45, 2.75) is 32.2 Å². The topological polar surface area (TPSA) is 58.4 Å². The average molecular weight is 247 g/mol. The van der Waals surface area contributed by atoms with Crippen molar-refractivity contribution in [3.63, 3.8) is 0 Å². The first-order valence-corrected chi connectivity index (χ1v) is 6.48. The summed E-state index contributed by atoms with van der Waals surface area (Å²) in [5, 5.41) is 2.74. The fourth-order valence-corrected chi connectivity index (χ4v) is 2.59. The van der Waals surface area contributed by atoms with Crippen LogP contribution in [0.4, 0.5) is 11.4 Å². The maximum atomic E-state index is 11.9. The highest BCUT2D eigenvalue weighted by atomic mass is 16.2. The summed E-state index contributed by atoms with van der Waals surface area (Å²) in [5.74, 6) is 0.0784. The van der Waals surface area contributed by atoms with Gasteiger partial charge in [0.2, 0.25) is 5.91 Å². The normalized spacial score (nSPS) is 19.7. The molecule has 0 aromatic heterocycles. The van der Waals surface area contributed by atoms with Crippen molar-refractivity contribution in [2.75, 3.05) is 24.2 Å². The SMILES string of the molecule is CNC(=O)C1CCCCN1c1ccc(C)cc1N. The Morgan fingerprint density at radius 3 is 2.89 bits per heavy atom. The first-order valence-electron chi connectivity index (χ1n) is 6.48. The first kappa shape index (κ1) is 12.7. The van der Waals surface area contributed by atoms with Gasteiger partial charge in [0.25, 0.3) is 0 Å². The second kappa shape index (κ2) is 5.29. The molecule has 1 aromatic carbocycles. The number of hydrogen-bond acceptors (Lipinski definition) is 3. The average Bonchev–Trinajstić information content (AvgIpc) is 2.38. The van der Waals surface area contributed by atoms with Gasteiger partial charge in [0, 0.05) is 13.6 Å².